The molecule has 0 aliphatic carbocycles. The molecule has 0 bridgehead atoms. The van der Waals surface area contributed by atoms with Gasteiger partial charge in [-0.15, -0.1) is 0 Å². The Morgan fingerprint density at radius 1 is 1.11 bits per heavy atom. The molecule has 2 aromatic heterocycles. The van der Waals surface area contributed by atoms with Crippen LogP contribution in [0, 0.1) is 6.92 Å². The van der Waals surface area contributed by atoms with Gasteiger partial charge in [0.1, 0.15) is 7.05 Å². The third kappa shape index (κ3) is 1.85. The first-order valence-electron chi connectivity index (χ1n) is 6.12. The Kier molecular flexibility index (Phi) is 2.71. The molecule has 1 aromatic carbocycles. The van der Waals surface area contributed by atoms with Crippen LogP contribution in [0.25, 0.3) is 22.4 Å². The predicted octanol–water partition coefficient (Wildman–Crippen LogP) is 2.36. The molecule has 4 heteroatoms. The molecule has 0 saturated heterocycles. The highest BCUT2D eigenvalue weighted by molar-refractivity contribution is 5.84. The van der Waals surface area contributed by atoms with Crippen molar-refractivity contribution in [3.8, 4) is 11.3 Å². The number of rotatable bonds is 1. The van der Waals surface area contributed by atoms with Crippen molar-refractivity contribution in [2.24, 2.45) is 12.0 Å². The molecule has 2 heterocycles. The molecule has 0 fully saturated rings. The zero-order valence-electron chi connectivity index (χ0n) is 11.2. The Labute approximate surface area is 110 Å². The van der Waals surface area contributed by atoms with Gasteiger partial charge in [0.25, 0.3) is 5.69 Å². The third-order valence-electron chi connectivity index (χ3n) is 3.21. The first kappa shape index (κ1) is 11.7. The van der Waals surface area contributed by atoms with Crippen LogP contribution in [-0.4, -0.2) is 7.05 Å². The molecule has 3 rings (SSSR count). The van der Waals surface area contributed by atoms with Crippen molar-refractivity contribution in [3.63, 3.8) is 0 Å². The SMILES string of the molecule is CN=c1oc2cc[n+](C)c(-c3ccccc3C)c2o1. The van der Waals surface area contributed by atoms with Crippen molar-refractivity contribution in [1.29, 1.82) is 0 Å². The smallest absolute Gasteiger partial charge is 0.394 e. The number of aryl methyl sites for hydroxylation is 2. The van der Waals surface area contributed by atoms with Crippen LogP contribution in [0.15, 0.2) is 50.4 Å². The van der Waals surface area contributed by atoms with E-state index in [1.54, 1.807) is 7.05 Å². The minimum atomic E-state index is 0.288. The van der Waals surface area contributed by atoms with Gasteiger partial charge in [0.15, 0.2) is 11.8 Å². The topological polar surface area (TPSA) is 42.5 Å². The van der Waals surface area contributed by atoms with E-state index in [9.17, 15) is 0 Å². The molecule has 3 aromatic rings. The minimum Gasteiger partial charge on any atom is -0.407 e. The van der Waals surface area contributed by atoms with Gasteiger partial charge in [-0.1, -0.05) is 18.2 Å². The number of aromatic nitrogens is 1. The van der Waals surface area contributed by atoms with Crippen LogP contribution in [0.4, 0.5) is 0 Å². The molecule has 0 unspecified atom stereocenters. The molecule has 0 spiro atoms. The van der Waals surface area contributed by atoms with Gasteiger partial charge in [0.05, 0.1) is 5.56 Å². The first-order chi connectivity index (χ1) is 9.20. The third-order valence-corrected chi connectivity index (χ3v) is 3.21. The van der Waals surface area contributed by atoms with Gasteiger partial charge < -0.3 is 8.83 Å². The van der Waals surface area contributed by atoms with Gasteiger partial charge in [0.2, 0.25) is 5.58 Å². The van der Waals surface area contributed by atoms with Gasteiger partial charge in [-0.25, -0.2) is 4.99 Å². The second-order valence-electron chi connectivity index (χ2n) is 4.48. The van der Waals surface area contributed by atoms with Crippen LogP contribution >= 0.6 is 0 Å². The number of fused-ring (bicyclic) bond motifs is 1. The molecule has 0 atom stereocenters. The van der Waals surface area contributed by atoms with Crippen molar-refractivity contribution in [3.05, 3.63) is 47.8 Å². The van der Waals surface area contributed by atoms with E-state index >= 15 is 0 Å². The second-order valence-corrected chi connectivity index (χ2v) is 4.48. The van der Waals surface area contributed by atoms with E-state index in [4.69, 9.17) is 8.83 Å². The number of benzene rings is 1. The largest absolute Gasteiger partial charge is 0.407 e. The lowest BCUT2D eigenvalue weighted by Gasteiger charge is -2.03. The predicted molar refractivity (Wildman–Crippen MR) is 71.3 cm³/mol. The highest BCUT2D eigenvalue weighted by Gasteiger charge is 2.21. The summed E-state index contributed by atoms with van der Waals surface area (Å²) in [5, 5.41) is 0. The lowest BCUT2D eigenvalue weighted by molar-refractivity contribution is -0.659. The minimum absolute atomic E-state index is 0.288. The second kappa shape index (κ2) is 4.39. The number of pyridine rings is 1. The van der Waals surface area contributed by atoms with Crippen LogP contribution in [0.1, 0.15) is 5.56 Å². The van der Waals surface area contributed by atoms with Gasteiger partial charge in [0, 0.05) is 13.1 Å². The van der Waals surface area contributed by atoms with E-state index < -0.39 is 0 Å². The molecule has 0 radical (unpaired) electrons. The van der Waals surface area contributed by atoms with Gasteiger partial charge in [-0.05, 0) is 18.6 Å². The fourth-order valence-electron chi connectivity index (χ4n) is 2.23. The molecule has 4 nitrogen and oxygen atoms in total. The van der Waals surface area contributed by atoms with Crippen LogP contribution in [0.5, 0.6) is 0 Å². The molecule has 0 aliphatic rings. The van der Waals surface area contributed by atoms with E-state index in [-0.39, 0.29) is 5.75 Å². The van der Waals surface area contributed by atoms with Crippen molar-refractivity contribution in [2.75, 3.05) is 7.05 Å². The maximum Gasteiger partial charge on any atom is 0.394 e. The highest BCUT2D eigenvalue weighted by atomic mass is 16.5. The summed E-state index contributed by atoms with van der Waals surface area (Å²) in [4.78, 5) is 3.95. The molecule has 0 aliphatic heterocycles. The zero-order valence-corrected chi connectivity index (χ0v) is 11.2. The summed E-state index contributed by atoms with van der Waals surface area (Å²) in [7, 11) is 3.64. The average Bonchev–Trinajstić information content (AvgIpc) is 2.83. The summed E-state index contributed by atoms with van der Waals surface area (Å²) >= 11 is 0. The van der Waals surface area contributed by atoms with Crippen LogP contribution in [0.3, 0.4) is 0 Å². The van der Waals surface area contributed by atoms with Gasteiger partial charge in [-0.3, -0.25) is 0 Å². The summed E-state index contributed by atoms with van der Waals surface area (Å²) in [5.41, 5.74) is 4.74. The van der Waals surface area contributed by atoms with Crippen LogP contribution < -0.4 is 10.3 Å². The van der Waals surface area contributed by atoms with Gasteiger partial charge in [-0.2, -0.15) is 4.57 Å². The standard InChI is InChI=1S/C15H15N2O2/c1-10-6-4-5-7-11(10)13-14-12(8-9-17(13)3)18-15(16-2)19-14/h4-9H,1-3H3/q+1. The quantitative estimate of drug-likeness (QED) is 0.626. The first-order valence-corrected chi connectivity index (χ1v) is 6.12. The lowest BCUT2D eigenvalue weighted by atomic mass is 10.0. The Hall–Kier alpha value is -2.36. The van der Waals surface area contributed by atoms with Crippen molar-refractivity contribution < 1.29 is 13.4 Å². The highest BCUT2D eigenvalue weighted by Crippen LogP contribution is 2.26. The van der Waals surface area contributed by atoms with Crippen molar-refractivity contribution in [1.82, 2.24) is 0 Å². The molecule has 96 valence electrons. The number of hydrogen-bond acceptors (Lipinski definition) is 3. The van der Waals surface area contributed by atoms with Crippen molar-refractivity contribution >= 4 is 11.2 Å². The molecule has 0 saturated carbocycles. The van der Waals surface area contributed by atoms with Crippen LogP contribution in [-0.2, 0) is 7.05 Å². The monoisotopic (exact) mass is 255 g/mol. The summed E-state index contributed by atoms with van der Waals surface area (Å²) in [5.74, 6) is 0.288. The molecule has 19 heavy (non-hydrogen) atoms. The summed E-state index contributed by atoms with van der Waals surface area (Å²) in [6.07, 6.45) is 1.96. The van der Waals surface area contributed by atoms with Crippen LogP contribution in [0.2, 0.25) is 0 Å². The Balaban J connectivity index is 2.43. The summed E-state index contributed by atoms with van der Waals surface area (Å²) in [6.45, 7) is 2.08. The fourth-order valence-corrected chi connectivity index (χ4v) is 2.23. The van der Waals surface area contributed by atoms with E-state index in [0.717, 1.165) is 16.8 Å². The van der Waals surface area contributed by atoms with Crippen molar-refractivity contribution in [2.45, 2.75) is 6.92 Å². The normalized spacial score (nSPS) is 12.3. The maximum absolute atomic E-state index is 5.68. The van der Waals surface area contributed by atoms with Gasteiger partial charge >= 0.3 is 5.75 Å². The Morgan fingerprint density at radius 2 is 1.89 bits per heavy atom. The van der Waals surface area contributed by atoms with E-state index in [0.29, 0.717) is 5.58 Å². The number of nitrogens with zero attached hydrogens (tertiary/aromatic N) is 2. The fraction of sp³-hybridized carbons (Fsp3) is 0.200. The van der Waals surface area contributed by atoms with E-state index in [2.05, 4.69) is 24.0 Å². The van der Waals surface area contributed by atoms with E-state index in [1.165, 1.54) is 5.56 Å². The molecular weight excluding hydrogens is 240 g/mol. The average molecular weight is 255 g/mol. The number of hydrogen-bond donors (Lipinski definition) is 0. The molecule has 0 amide bonds. The lowest BCUT2D eigenvalue weighted by Crippen LogP contribution is -2.30. The van der Waals surface area contributed by atoms with E-state index in [1.807, 2.05) is 36.0 Å². The molecule has 0 N–H and O–H groups in total. The maximum atomic E-state index is 5.68. The molecular formula is C15H15N2O2+. The Morgan fingerprint density at radius 3 is 2.63 bits per heavy atom. The summed E-state index contributed by atoms with van der Waals surface area (Å²) in [6, 6.07) is 10.1. The summed E-state index contributed by atoms with van der Waals surface area (Å²) < 4.78 is 13.2. The zero-order chi connectivity index (χ0) is 13.4. The Bertz CT molecular complexity index is 812.